The van der Waals surface area contributed by atoms with E-state index in [4.69, 9.17) is 0 Å². The van der Waals surface area contributed by atoms with Crippen LogP contribution in [0.1, 0.15) is 43.3 Å². The Balaban J connectivity index is 1.67. The van der Waals surface area contributed by atoms with Gasteiger partial charge in [0.15, 0.2) is 0 Å². The molecule has 4 atom stereocenters. The van der Waals surface area contributed by atoms with E-state index < -0.39 is 12.5 Å². The highest BCUT2D eigenvalue weighted by molar-refractivity contribution is 5.27. The van der Waals surface area contributed by atoms with E-state index in [0.29, 0.717) is 19.4 Å². The lowest BCUT2D eigenvalue weighted by Crippen LogP contribution is -2.36. The van der Waals surface area contributed by atoms with Gasteiger partial charge in [-0.3, -0.25) is 0 Å². The zero-order valence-corrected chi connectivity index (χ0v) is 17.5. The molecule has 6 nitrogen and oxygen atoms in total. The van der Waals surface area contributed by atoms with Crippen LogP contribution in [-0.4, -0.2) is 45.3 Å². The van der Waals surface area contributed by atoms with Crippen molar-refractivity contribution in [2.24, 2.45) is 11.8 Å². The number of aromatic nitrogens is 2. The monoisotopic (exact) mass is 439 g/mol. The van der Waals surface area contributed by atoms with Gasteiger partial charge in [-0.1, -0.05) is 26.0 Å². The lowest BCUT2D eigenvalue weighted by atomic mass is 9.88. The second kappa shape index (κ2) is 9.93. The number of nitrogens with one attached hydrogen (secondary N) is 1. The van der Waals surface area contributed by atoms with Crippen molar-refractivity contribution < 1.29 is 28.1 Å². The molecule has 1 aliphatic carbocycles. The predicted molar refractivity (Wildman–Crippen MR) is 108 cm³/mol. The van der Waals surface area contributed by atoms with Crippen LogP contribution in [0.4, 0.5) is 13.2 Å². The fourth-order valence-corrected chi connectivity index (χ4v) is 4.08. The Bertz CT molecular complexity index is 846. The number of hydrogen-bond acceptors (Lipinski definition) is 6. The van der Waals surface area contributed by atoms with Crippen molar-refractivity contribution in [3.63, 3.8) is 0 Å². The first-order valence-corrected chi connectivity index (χ1v) is 10.3. The second-order valence-corrected chi connectivity index (χ2v) is 8.26. The molecule has 31 heavy (non-hydrogen) atoms. The van der Waals surface area contributed by atoms with E-state index in [1.54, 1.807) is 18.3 Å². The highest BCUT2D eigenvalue weighted by Crippen LogP contribution is 2.35. The summed E-state index contributed by atoms with van der Waals surface area (Å²) in [6.45, 7) is 4.32. The topological polar surface area (TPSA) is 87.5 Å². The molecule has 170 valence electrons. The number of benzene rings is 1. The van der Waals surface area contributed by atoms with Crippen LogP contribution in [0.25, 0.3) is 0 Å². The van der Waals surface area contributed by atoms with Crippen LogP contribution in [0.2, 0.25) is 0 Å². The van der Waals surface area contributed by atoms with Gasteiger partial charge >= 0.3 is 6.36 Å². The number of hydrogen-bond donors (Lipinski definition) is 3. The standard InChI is InChI=1S/C22H28F3N3O3/c1-13(2)21-26-8-7-15(28-21)9-17-18(12-29)20(30)10-19(17)27-11-14-3-5-16(6-4-14)31-22(23,24)25/h3-8,13,17-20,27,29-30H,9-12H2,1-2H3/t17-,18-,19-,20-/m1/s1. The van der Waals surface area contributed by atoms with E-state index in [9.17, 15) is 23.4 Å². The first kappa shape index (κ1) is 23.4. The number of aliphatic hydroxyl groups is 2. The summed E-state index contributed by atoms with van der Waals surface area (Å²) >= 11 is 0. The molecule has 3 rings (SSSR count). The maximum atomic E-state index is 12.3. The van der Waals surface area contributed by atoms with Crippen molar-refractivity contribution in [3.8, 4) is 5.75 Å². The van der Waals surface area contributed by atoms with E-state index in [0.717, 1.165) is 17.1 Å². The Morgan fingerprint density at radius 2 is 1.87 bits per heavy atom. The van der Waals surface area contributed by atoms with Crippen LogP contribution in [0.15, 0.2) is 36.5 Å². The van der Waals surface area contributed by atoms with Crippen LogP contribution in [-0.2, 0) is 13.0 Å². The van der Waals surface area contributed by atoms with Gasteiger partial charge in [-0.2, -0.15) is 0 Å². The number of ether oxygens (including phenoxy) is 1. The highest BCUT2D eigenvalue weighted by Gasteiger charge is 2.42. The van der Waals surface area contributed by atoms with E-state index in [-0.39, 0.29) is 36.2 Å². The summed E-state index contributed by atoms with van der Waals surface area (Å²) in [6, 6.07) is 7.46. The summed E-state index contributed by atoms with van der Waals surface area (Å²) in [5.74, 6) is 0.360. The molecule has 1 aromatic heterocycles. The van der Waals surface area contributed by atoms with E-state index in [1.807, 2.05) is 19.9 Å². The highest BCUT2D eigenvalue weighted by atomic mass is 19.4. The fraction of sp³-hybridized carbons (Fsp3) is 0.545. The van der Waals surface area contributed by atoms with Crippen LogP contribution in [0.3, 0.4) is 0 Å². The summed E-state index contributed by atoms with van der Waals surface area (Å²) in [5.41, 5.74) is 1.65. The van der Waals surface area contributed by atoms with Crippen molar-refractivity contribution in [2.45, 2.75) is 57.7 Å². The Morgan fingerprint density at radius 3 is 2.48 bits per heavy atom. The molecular formula is C22H28F3N3O3. The zero-order valence-electron chi connectivity index (χ0n) is 17.5. The molecule has 1 fully saturated rings. The van der Waals surface area contributed by atoms with Crippen molar-refractivity contribution in [3.05, 3.63) is 53.6 Å². The fourth-order valence-electron chi connectivity index (χ4n) is 4.08. The number of nitrogens with zero attached hydrogens (tertiary/aromatic N) is 2. The minimum Gasteiger partial charge on any atom is -0.406 e. The Hall–Kier alpha value is -2.23. The van der Waals surface area contributed by atoms with Crippen molar-refractivity contribution in [1.29, 1.82) is 0 Å². The van der Waals surface area contributed by atoms with Crippen molar-refractivity contribution >= 4 is 0 Å². The molecule has 0 saturated heterocycles. The molecule has 0 radical (unpaired) electrons. The molecule has 2 aromatic rings. The smallest absolute Gasteiger partial charge is 0.406 e. The minimum atomic E-state index is -4.72. The molecule has 0 spiro atoms. The molecule has 0 bridgehead atoms. The summed E-state index contributed by atoms with van der Waals surface area (Å²) in [6.07, 6.45) is -2.57. The third-order valence-electron chi connectivity index (χ3n) is 5.69. The summed E-state index contributed by atoms with van der Waals surface area (Å²) < 4.78 is 40.8. The van der Waals surface area contributed by atoms with Crippen molar-refractivity contribution in [2.75, 3.05) is 6.61 Å². The number of aliphatic hydroxyl groups excluding tert-OH is 2. The lowest BCUT2D eigenvalue weighted by molar-refractivity contribution is -0.274. The summed E-state index contributed by atoms with van der Waals surface area (Å²) in [4.78, 5) is 8.90. The van der Waals surface area contributed by atoms with Gasteiger partial charge in [0.25, 0.3) is 0 Å². The third kappa shape index (κ3) is 6.38. The summed E-state index contributed by atoms with van der Waals surface area (Å²) in [7, 11) is 0. The molecule has 0 amide bonds. The van der Waals surface area contributed by atoms with Crippen LogP contribution < -0.4 is 10.1 Å². The van der Waals surface area contributed by atoms with E-state index in [1.165, 1.54) is 12.1 Å². The molecule has 1 aromatic carbocycles. The number of alkyl halides is 3. The predicted octanol–water partition coefficient (Wildman–Crippen LogP) is 3.19. The molecule has 0 unspecified atom stereocenters. The Morgan fingerprint density at radius 1 is 1.16 bits per heavy atom. The summed E-state index contributed by atoms with van der Waals surface area (Å²) in [5, 5.41) is 23.7. The molecule has 9 heteroatoms. The number of halogens is 3. The van der Waals surface area contributed by atoms with Gasteiger partial charge in [-0.15, -0.1) is 13.2 Å². The maximum Gasteiger partial charge on any atom is 0.573 e. The minimum absolute atomic E-state index is 0.0391. The van der Waals surface area contributed by atoms with Gasteiger partial charge in [0.2, 0.25) is 0 Å². The van der Waals surface area contributed by atoms with E-state index >= 15 is 0 Å². The zero-order chi connectivity index (χ0) is 22.6. The van der Waals surface area contributed by atoms with Crippen LogP contribution >= 0.6 is 0 Å². The van der Waals surface area contributed by atoms with E-state index in [2.05, 4.69) is 20.0 Å². The van der Waals surface area contributed by atoms with Gasteiger partial charge in [-0.05, 0) is 42.5 Å². The first-order valence-electron chi connectivity index (χ1n) is 10.3. The molecule has 1 heterocycles. The lowest BCUT2D eigenvalue weighted by Gasteiger charge is -2.25. The molecule has 0 aliphatic heterocycles. The third-order valence-corrected chi connectivity index (χ3v) is 5.69. The van der Waals surface area contributed by atoms with Gasteiger partial charge in [0.1, 0.15) is 11.6 Å². The Labute approximate surface area is 179 Å². The SMILES string of the molecule is CC(C)c1nccc(C[C@@H]2[C@@H](CO)[C@H](O)C[C@H]2NCc2ccc(OC(F)(F)F)cc2)n1. The second-order valence-electron chi connectivity index (χ2n) is 8.26. The van der Waals surface area contributed by atoms with Gasteiger partial charge in [0.05, 0.1) is 6.10 Å². The maximum absolute atomic E-state index is 12.3. The van der Waals surface area contributed by atoms with Gasteiger partial charge < -0.3 is 20.3 Å². The Kier molecular flexibility index (Phi) is 7.51. The molecular weight excluding hydrogens is 411 g/mol. The van der Waals surface area contributed by atoms with Crippen LogP contribution in [0.5, 0.6) is 5.75 Å². The van der Waals surface area contributed by atoms with Gasteiger partial charge in [-0.25, -0.2) is 9.97 Å². The average molecular weight is 439 g/mol. The van der Waals surface area contributed by atoms with Crippen molar-refractivity contribution in [1.82, 2.24) is 15.3 Å². The largest absolute Gasteiger partial charge is 0.573 e. The first-order chi connectivity index (χ1) is 14.7. The number of rotatable bonds is 8. The normalized spacial score (nSPS) is 24.0. The molecule has 3 N–H and O–H groups in total. The quantitative estimate of drug-likeness (QED) is 0.586. The molecule has 1 aliphatic rings. The molecule has 1 saturated carbocycles. The average Bonchev–Trinajstić information content (AvgIpc) is 3.00. The van der Waals surface area contributed by atoms with Crippen LogP contribution in [0, 0.1) is 11.8 Å². The van der Waals surface area contributed by atoms with Gasteiger partial charge in [0, 0.05) is 42.9 Å².